The molecule has 0 spiro atoms. The fourth-order valence-electron chi connectivity index (χ4n) is 2.52. The number of benzene rings is 1. The molecule has 0 bridgehead atoms. The average Bonchev–Trinajstić information content (AvgIpc) is 2.76. The van der Waals surface area contributed by atoms with Gasteiger partial charge in [-0.1, -0.05) is 12.1 Å². The van der Waals surface area contributed by atoms with Crippen LogP contribution in [0.1, 0.15) is 11.3 Å². The van der Waals surface area contributed by atoms with Gasteiger partial charge in [-0.3, -0.25) is 0 Å². The normalized spacial score (nSPS) is 13.0. The zero-order valence-corrected chi connectivity index (χ0v) is 16.5. The van der Waals surface area contributed by atoms with E-state index in [4.69, 9.17) is 5.11 Å². The maximum Gasteiger partial charge on any atom is 0.433 e. The Balaban J connectivity index is 2.00. The van der Waals surface area contributed by atoms with Crippen molar-refractivity contribution < 1.29 is 36.6 Å². The van der Waals surface area contributed by atoms with E-state index in [1.165, 1.54) is 12.1 Å². The lowest BCUT2D eigenvalue weighted by Crippen LogP contribution is -2.24. The molecule has 0 aliphatic carbocycles. The van der Waals surface area contributed by atoms with Crippen molar-refractivity contribution in [2.45, 2.75) is 18.5 Å². The van der Waals surface area contributed by atoms with E-state index in [1.807, 2.05) is 0 Å². The predicted octanol–water partition coefficient (Wildman–Crippen LogP) is 3.48. The number of nitrogens with zero attached hydrogens (tertiary/aromatic N) is 4. The highest BCUT2D eigenvalue weighted by molar-refractivity contribution is 5.59. The molecule has 4 N–H and O–H groups in total. The van der Waals surface area contributed by atoms with Gasteiger partial charge >= 0.3 is 12.4 Å². The number of hydrogen-bond acceptors (Lipinski definition) is 8. The Hall–Kier alpha value is -3.52. The van der Waals surface area contributed by atoms with E-state index in [0.717, 1.165) is 30.3 Å². The van der Waals surface area contributed by atoms with Crippen LogP contribution in [0.3, 0.4) is 0 Å². The minimum absolute atomic E-state index is 0.0414. The molecule has 3 aromatic rings. The molecule has 0 unspecified atom stereocenters. The first-order valence-electron chi connectivity index (χ1n) is 9.23. The second-order valence-corrected chi connectivity index (χ2v) is 6.63. The fraction of sp³-hybridized carbons (Fsp3) is 0.263. The van der Waals surface area contributed by atoms with Gasteiger partial charge in [0.25, 0.3) is 0 Å². The molecular formula is C19H16F6N6O2. The molecule has 1 atom stereocenters. The second kappa shape index (κ2) is 9.54. The van der Waals surface area contributed by atoms with Crippen LogP contribution in [0.15, 0.2) is 42.5 Å². The standard InChI is InChI=1S/C19H16F6N6O2/c20-18(21,22)10-3-1-4-11(7-10)27-17-30-15(29-16(31-17)26-8-12(33)9-32)13-5-2-6-14(28-13)19(23,24)25/h1-7,12,32-33H,8-9H2,(H2,26,27,29,30,31)/t12-/m0/s1. The molecule has 2 heterocycles. The summed E-state index contributed by atoms with van der Waals surface area (Å²) in [6.07, 6.45) is -10.5. The highest BCUT2D eigenvalue weighted by Crippen LogP contribution is 2.32. The van der Waals surface area contributed by atoms with Gasteiger partial charge in [0.05, 0.1) is 18.3 Å². The zero-order chi connectivity index (χ0) is 24.2. The molecular weight excluding hydrogens is 458 g/mol. The summed E-state index contributed by atoms with van der Waals surface area (Å²) in [5.74, 6) is -0.827. The Bertz CT molecular complexity index is 1110. The van der Waals surface area contributed by atoms with Crippen LogP contribution in [0.25, 0.3) is 11.5 Å². The average molecular weight is 474 g/mol. The van der Waals surface area contributed by atoms with E-state index < -0.39 is 36.3 Å². The third kappa shape index (κ3) is 6.49. The second-order valence-electron chi connectivity index (χ2n) is 6.63. The van der Waals surface area contributed by atoms with Gasteiger partial charge in [0.2, 0.25) is 11.9 Å². The number of aliphatic hydroxyl groups excluding tert-OH is 2. The molecule has 14 heteroatoms. The largest absolute Gasteiger partial charge is 0.433 e. The van der Waals surface area contributed by atoms with Crippen LogP contribution >= 0.6 is 0 Å². The maximum atomic E-state index is 13.0. The molecule has 0 radical (unpaired) electrons. The number of anilines is 3. The quantitative estimate of drug-likeness (QED) is 0.385. The molecule has 0 saturated carbocycles. The Morgan fingerprint density at radius 3 is 2.21 bits per heavy atom. The molecule has 176 valence electrons. The van der Waals surface area contributed by atoms with Crippen LogP contribution in [0.2, 0.25) is 0 Å². The third-order valence-electron chi connectivity index (χ3n) is 4.06. The molecule has 0 saturated heterocycles. The van der Waals surface area contributed by atoms with Gasteiger partial charge < -0.3 is 20.8 Å². The van der Waals surface area contributed by atoms with Crippen LogP contribution in [0, 0.1) is 0 Å². The Morgan fingerprint density at radius 1 is 0.848 bits per heavy atom. The van der Waals surface area contributed by atoms with Crippen LogP contribution < -0.4 is 10.6 Å². The van der Waals surface area contributed by atoms with Crippen molar-refractivity contribution in [1.29, 1.82) is 0 Å². The number of hydrogen-bond donors (Lipinski definition) is 4. The smallest absolute Gasteiger partial charge is 0.394 e. The molecule has 33 heavy (non-hydrogen) atoms. The lowest BCUT2D eigenvalue weighted by Gasteiger charge is -2.13. The first-order valence-corrected chi connectivity index (χ1v) is 9.23. The third-order valence-corrected chi connectivity index (χ3v) is 4.06. The van der Waals surface area contributed by atoms with Gasteiger partial charge in [-0.2, -0.15) is 41.3 Å². The van der Waals surface area contributed by atoms with Gasteiger partial charge in [-0.15, -0.1) is 0 Å². The van der Waals surface area contributed by atoms with E-state index in [-0.39, 0.29) is 35.6 Å². The first-order chi connectivity index (χ1) is 15.5. The molecule has 0 fully saturated rings. The molecule has 0 aliphatic heterocycles. The van der Waals surface area contributed by atoms with Gasteiger partial charge in [-0.05, 0) is 30.3 Å². The molecule has 2 aromatic heterocycles. The van der Waals surface area contributed by atoms with Crippen LogP contribution in [0.4, 0.5) is 43.9 Å². The van der Waals surface area contributed by atoms with Crippen molar-refractivity contribution in [2.24, 2.45) is 0 Å². The van der Waals surface area contributed by atoms with Crippen molar-refractivity contribution in [3.05, 3.63) is 53.7 Å². The SMILES string of the molecule is OC[C@@H](O)CNc1nc(Nc2cccc(C(F)(F)F)c2)nc(-c2cccc(C(F)(F)F)n2)n1. The number of alkyl halides is 6. The van der Waals surface area contributed by atoms with Crippen LogP contribution in [-0.4, -0.2) is 49.4 Å². The topological polar surface area (TPSA) is 116 Å². The highest BCUT2D eigenvalue weighted by Gasteiger charge is 2.33. The van der Waals surface area contributed by atoms with Gasteiger partial charge in [0.15, 0.2) is 5.82 Å². The van der Waals surface area contributed by atoms with Crippen molar-refractivity contribution in [1.82, 2.24) is 19.9 Å². The summed E-state index contributed by atoms with van der Waals surface area (Å²) in [7, 11) is 0. The number of aliphatic hydroxyl groups is 2. The molecule has 1 aromatic carbocycles. The Morgan fingerprint density at radius 2 is 1.55 bits per heavy atom. The summed E-state index contributed by atoms with van der Waals surface area (Å²) in [5.41, 5.74) is -2.45. The molecule has 8 nitrogen and oxygen atoms in total. The van der Waals surface area contributed by atoms with Crippen LogP contribution in [0.5, 0.6) is 0 Å². The lowest BCUT2D eigenvalue weighted by atomic mass is 10.2. The van der Waals surface area contributed by atoms with Gasteiger partial charge in [-0.25, -0.2) is 4.98 Å². The number of aromatic nitrogens is 4. The highest BCUT2D eigenvalue weighted by atomic mass is 19.4. The predicted molar refractivity (Wildman–Crippen MR) is 104 cm³/mol. The van der Waals surface area contributed by atoms with Crippen LogP contribution in [-0.2, 0) is 12.4 Å². The molecule has 0 aliphatic rings. The number of pyridine rings is 1. The Kier molecular flexibility index (Phi) is 6.98. The summed E-state index contributed by atoms with van der Waals surface area (Å²) in [6.45, 7) is -0.811. The van der Waals surface area contributed by atoms with Crippen molar-refractivity contribution in [3.63, 3.8) is 0 Å². The van der Waals surface area contributed by atoms with E-state index in [1.54, 1.807) is 0 Å². The summed E-state index contributed by atoms with van der Waals surface area (Å²) < 4.78 is 78.0. The minimum atomic E-state index is -4.73. The number of rotatable bonds is 7. The first kappa shape index (κ1) is 24.1. The monoisotopic (exact) mass is 474 g/mol. The summed E-state index contributed by atoms with van der Waals surface area (Å²) in [6, 6.07) is 7.18. The maximum absolute atomic E-state index is 13.0. The molecule has 3 rings (SSSR count). The van der Waals surface area contributed by atoms with E-state index in [0.29, 0.717) is 0 Å². The minimum Gasteiger partial charge on any atom is -0.394 e. The van der Waals surface area contributed by atoms with E-state index in [9.17, 15) is 31.4 Å². The zero-order valence-electron chi connectivity index (χ0n) is 16.5. The van der Waals surface area contributed by atoms with Gasteiger partial charge in [0, 0.05) is 12.2 Å². The molecule has 0 amide bonds. The van der Waals surface area contributed by atoms with Gasteiger partial charge in [0.1, 0.15) is 11.4 Å². The fourth-order valence-corrected chi connectivity index (χ4v) is 2.52. The van der Waals surface area contributed by atoms with Crippen molar-refractivity contribution in [2.75, 3.05) is 23.8 Å². The summed E-state index contributed by atoms with van der Waals surface area (Å²) >= 11 is 0. The Labute approximate surface area is 182 Å². The van der Waals surface area contributed by atoms with E-state index in [2.05, 4.69) is 30.6 Å². The lowest BCUT2D eigenvalue weighted by molar-refractivity contribution is -0.141. The van der Waals surface area contributed by atoms with E-state index >= 15 is 0 Å². The van der Waals surface area contributed by atoms with Crippen molar-refractivity contribution in [3.8, 4) is 11.5 Å². The summed E-state index contributed by atoms with van der Waals surface area (Å²) in [4.78, 5) is 15.4. The number of halogens is 6. The number of nitrogens with one attached hydrogen (secondary N) is 2. The van der Waals surface area contributed by atoms with Crippen molar-refractivity contribution >= 4 is 17.6 Å². The summed E-state index contributed by atoms with van der Waals surface area (Å²) in [5, 5.41) is 23.5.